The molecule has 1 N–H and O–H groups in total. The van der Waals surface area contributed by atoms with Crippen molar-refractivity contribution in [1.82, 2.24) is 5.32 Å². The van der Waals surface area contributed by atoms with E-state index in [-0.39, 0.29) is 36.3 Å². The van der Waals surface area contributed by atoms with Crippen LogP contribution in [0.25, 0.3) is 0 Å². The van der Waals surface area contributed by atoms with Crippen molar-refractivity contribution >= 4 is 17.5 Å². The zero-order valence-electron chi connectivity index (χ0n) is 14.2. The quantitative estimate of drug-likeness (QED) is 0.892. The lowest BCUT2D eigenvalue weighted by molar-refractivity contribution is -0.125. The average Bonchev–Trinajstić information content (AvgIpc) is 3.03. The van der Waals surface area contributed by atoms with E-state index in [0.29, 0.717) is 18.0 Å². The Balaban J connectivity index is 1.66. The molecule has 2 aromatic carbocycles. The first kappa shape index (κ1) is 17.8. The van der Waals surface area contributed by atoms with Gasteiger partial charge in [0.2, 0.25) is 11.8 Å². The number of hydrogen-bond acceptors (Lipinski definition) is 3. The van der Waals surface area contributed by atoms with Crippen LogP contribution in [0.5, 0.6) is 5.75 Å². The van der Waals surface area contributed by atoms with Gasteiger partial charge in [0, 0.05) is 25.7 Å². The van der Waals surface area contributed by atoms with E-state index >= 15 is 0 Å². The number of halogens is 2. The van der Waals surface area contributed by atoms with E-state index in [9.17, 15) is 18.4 Å². The molecule has 0 aromatic heterocycles. The van der Waals surface area contributed by atoms with Crippen molar-refractivity contribution in [1.29, 1.82) is 0 Å². The highest BCUT2D eigenvalue weighted by Gasteiger charge is 2.34. The summed E-state index contributed by atoms with van der Waals surface area (Å²) in [6, 6.07) is 10.2. The van der Waals surface area contributed by atoms with Gasteiger partial charge in [-0.2, -0.15) is 0 Å². The Hall–Kier alpha value is -2.96. The van der Waals surface area contributed by atoms with E-state index in [1.54, 1.807) is 36.2 Å². The molecule has 0 radical (unpaired) electrons. The monoisotopic (exact) mass is 360 g/mol. The van der Waals surface area contributed by atoms with Crippen molar-refractivity contribution in [3.05, 3.63) is 59.7 Å². The van der Waals surface area contributed by atoms with Crippen LogP contribution in [0.2, 0.25) is 0 Å². The lowest BCUT2D eigenvalue weighted by atomic mass is 10.1. The molecule has 1 fully saturated rings. The summed E-state index contributed by atoms with van der Waals surface area (Å²) in [6.07, 6.45) is 0.171. The topological polar surface area (TPSA) is 58.6 Å². The van der Waals surface area contributed by atoms with Crippen molar-refractivity contribution in [2.75, 3.05) is 18.5 Å². The summed E-state index contributed by atoms with van der Waals surface area (Å²) in [4.78, 5) is 25.3. The predicted octanol–water partition coefficient (Wildman–Crippen LogP) is 2.64. The number of ether oxygens (including phenoxy) is 1. The van der Waals surface area contributed by atoms with Crippen molar-refractivity contribution in [3.63, 3.8) is 0 Å². The summed E-state index contributed by atoms with van der Waals surface area (Å²) in [5.41, 5.74) is 0.505. The predicted molar refractivity (Wildman–Crippen MR) is 91.7 cm³/mol. The highest BCUT2D eigenvalue weighted by molar-refractivity contribution is 6.00. The number of carbonyl (C=O) groups is 2. The van der Waals surface area contributed by atoms with Gasteiger partial charge >= 0.3 is 0 Å². The lowest BCUT2D eigenvalue weighted by Gasteiger charge is -2.17. The van der Waals surface area contributed by atoms with Crippen LogP contribution in [0.15, 0.2) is 42.5 Å². The zero-order chi connectivity index (χ0) is 18.7. The minimum Gasteiger partial charge on any atom is -0.489 e. The Kier molecular flexibility index (Phi) is 5.16. The van der Waals surface area contributed by atoms with Gasteiger partial charge in [0.15, 0.2) is 0 Å². The number of anilines is 1. The van der Waals surface area contributed by atoms with Gasteiger partial charge in [-0.25, -0.2) is 8.78 Å². The van der Waals surface area contributed by atoms with Crippen LogP contribution in [0.4, 0.5) is 14.5 Å². The molecule has 0 saturated carbocycles. The van der Waals surface area contributed by atoms with Crippen molar-refractivity contribution in [2.45, 2.75) is 13.0 Å². The number of amides is 2. The molecule has 1 saturated heterocycles. The van der Waals surface area contributed by atoms with Crippen LogP contribution < -0.4 is 15.0 Å². The van der Waals surface area contributed by atoms with Gasteiger partial charge < -0.3 is 15.0 Å². The minimum atomic E-state index is -0.662. The Morgan fingerprint density at radius 2 is 1.85 bits per heavy atom. The molecular weight excluding hydrogens is 342 g/mol. The normalized spacial score (nSPS) is 16.7. The average molecular weight is 360 g/mol. The maximum atomic E-state index is 13.6. The Labute approximate surface area is 149 Å². The summed E-state index contributed by atoms with van der Waals surface area (Å²) in [7, 11) is 1.54. The highest BCUT2D eigenvalue weighted by Crippen LogP contribution is 2.27. The van der Waals surface area contributed by atoms with Crippen LogP contribution in [-0.4, -0.2) is 25.4 Å². The second-order valence-corrected chi connectivity index (χ2v) is 6.00. The number of nitrogens with one attached hydrogen (secondary N) is 1. The van der Waals surface area contributed by atoms with Gasteiger partial charge in [0.1, 0.15) is 24.0 Å². The molecule has 3 rings (SSSR count). The van der Waals surface area contributed by atoms with E-state index in [1.165, 1.54) is 18.2 Å². The first-order valence-electron chi connectivity index (χ1n) is 8.17. The molecule has 0 spiro atoms. The zero-order valence-corrected chi connectivity index (χ0v) is 14.2. The molecule has 0 aliphatic carbocycles. The van der Waals surface area contributed by atoms with Gasteiger partial charge in [-0.15, -0.1) is 0 Å². The summed E-state index contributed by atoms with van der Waals surface area (Å²) in [6.45, 7) is 0.0817. The standard InChI is InChI=1S/C19H18F2N2O3/c1-22-19(25)12-9-18(24)23(10-12)13-5-7-14(8-6-13)26-11-15-16(20)3-2-4-17(15)21/h2-8,12H,9-11H2,1H3,(H,22,25). The van der Waals surface area contributed by atoms with Crippen LogP contribution in [0.3, 0.4) is 0 Å². The molecule has 2 aromatic rings. The lowest BCUT2D eigenvalue weighted by Crippen LogP contribution is -2.30. The van der Waals surface area contributed by atoms with E-state index in [1.807, 2.05) is 0 Å². The smallest absolute Gasteiger partial charge is 0.227 e. The third-order valence-electron chi connectivity index (χ3n) is 4.34. The third-order valence-corrected chi connectivity index (χ3v) is 4.34. The maximum Gasteiger partial charge on any atom is 0.227 e. The molecule has 5 nitrogen and oxygen atoms in total. The molecule has 1 heterocycles. The van der Waals surface area contributed by atoms with Crippen LogP contribution in [0.1, 0.15) is 12.0 Å². The molecule has 26 heavy (non-hydrogen) atoms. The van der Waals surface area contributed by atoms with Crippen LogP contribution >= 0.6 is 0 Å². The number of carbonyl (C=O) groups excluding carboxylic acids is 2. The highest BCUT2D eigenvalue weighted by atomic mass is 19.1. The molecule has 1 atom stereocenters. The largest absolute Gasteiger partial charge is 0.489 e. The SMILES string of the molecule is CNC(=O)C1CC(=O)N(c2ccc(OCc3c(F)cccc3F)cc2)C1. The Morgan fingerprint density at radius 3 is 2.46 bits per heavy atom. The molecule has 2 amide bonds. The number of nitrogens with zero attached hydrogens (tertiary/aromatic N) is 1. The maximum absolute atomic E-state index is 13.6. The fourth-order valence-electron chi connectivity index (χ4n) is 2.88. The first-order valence-corrected chi connectivity index (χ1v) is 8.17. The summed E-state index contributed by atoms with van der Waals surface area (Å²) < 4.78 is 32.6. The molecule has 7 heteroatoms. The fourth-order valence-corrected chi connectivity index (χ4v) is 2.88. The van der Waals surface area contributed by atoms with Gasteiger partial charge in [-0.1, -0.05) is 6.07 Å². The van der Waals surface area contributed by atoms with E-state index in [4.69, 9.17) is 4.74 Å². The van der Waals surface area contributed by atoms with Gasteiger partial charge in [-0.3, -0.25) is 9.59 Å². The molecule has 136 valence electrons. The van der Waals surface area contributed by atoms with Gasteiger partial charge in [0.25, 0.3) is 0 Å². The van der Waals surface area contributed by atoms with Gasteiger partial charge in [0.05, 0.1) is 11.5 Å². The first-order chi connectivity index (χ1) is 12.5. The van der Waals surface area contributed by atoms with Gasteiger partial charge in [-0.05, 0) is 36.4 Å². The number of rotatable bonds is 5. The van der Waals surface area contributed by atoms with E-state index in [0.717, 1.165) is 0 Å². The fraction of sp³-hybridized carbons (Fsp3) is 0.263. The summed E-state index contributed by atoms with van der Waals surface area (Å²) in [5, 5.41) is 2.55. The Bertz CT molecular complexity index is 804. The molecule has 1 unspecified atom stereocenters. The van der Waals surface area contributed by atoms with Crippen LogP contribution in [0, 0.1) is 17.6 Å². The van der Waals surface area contributed by atoms with Crippen molar-refractivity contribution in [3.8, 4) is 5.75 Å². The van der Waals surface area contributed by atoms with Crippen molar-refractivity contribution in [2.24, 2.45) is 5.92 Å². The molecule has 1 aliphatic heterocycles. The van der Waals surface area contributed by atoms with Crippen LogP contribution in [-0.2, 0) is 16.2 Å². The summed E-state index contributed by atoms with van der Waals surface area (Å²) in [5.74, 6) is -1.55. The summed E-state index contributed by atoms with van der Waals surface area (Å²) >= 11 is 0. The second-order valence-electron chi connectivity index (χ2n) is 6.00. The minimum absolute atomic E-state index is 0.124. The molecule has 1 aliphatic rings. The second kappa shape index (κ2) is 7.51. The molecule has 0 bridgehead atoms. The van der Waals surface area contributed by atoms with E-state index < -0.39 is 11.6 Å². The Morgan fingerprint density at radius 1 is 1.19 bits per heavy atom. The molecular formula is C19H18F2N2O3. The number of hydrogen-bond donors (Lipinski definition) is 1. The van der Waals surface area contributed by atoms with E-state index in [2.05, 4.69) is 5.32 Å². The number of benzene rings is 2. The third kappa shape index (κ3) is 3.66. The van der Waals surface area contributed by atoms with Crippen molar-refractivity contribution < 1.29 is 23.1 Å².